The fraction of sp³-hybridized carbons (Fsp3) is 0.103. The number of anilines is 2. The number of benzene rings is 4. The van der Waals surface area contributed by atoms with Crippen molar-refractivity contribution in [1.29, 1.82) is 0 Å². The van der Waals surface area contributed by atoms with Crippen LogP contribution in [0.3, 0.4) is 0 Å². The Hall–Kier alpha value is -4.63. The Balaban J connectivity index is 0.000000407. The molecule has 4 aromatic rings. The number of nitrogens with one attached hydrogen (secondary N) is 1. The minimum atomic E-state index is -4.19. The number of nitro groups is 2. The number of carbonyl (C=O) groups is 2. The molecule has 0 saturated carbocycles. The molecule has 4 aromatic carbocycles. The van der Waals surface area contributed by atoms with Gasteiger partial charge in [0, 0.05) is 31.8 Å². The van der Waals surface area contributed by atoms with E-state index in [1.807, 2.05) is 0 Å². The standard InChI is InChI=1S/C14H11BrN2O6S.C7H7BrN2O2.C7H5ClO4S.CH4/c1-8-5-13(17(20)21)12(7-11(8)15)16-24(22,23)10-4-2-3-9(6-10)14(18)19;1-4-2-7(10(11)12)6(9)3-5(4)8;8-13(11,12)6-3-1-2-5(4-6)7(9)10;/h2-7,16H,1H3,(H,18,19);2-3H,9H2,1H3;1-4H,(H,9,10);1H4. The number of aromatic carboxylic acids is 2. The van der Waals surface area contributed by atoms with E-state index in [4.69, 9.17) is 26.6 Å². The van der Waals surface area contributed by atoms with Crippen LogP contribution in [0.2, 0.25) is 0 Å². The molecule has 0 aliphatic rings. The molecule has 16 nitrogen and oxygen atoms in total. The molecule has 0 saturated heterocycles. The summed E-state index contributed by atoms with van der Waals surface area (Å²) in [6, 6.07) is 15.0. The third-order valence-electron chi connectivity index (χ3n) is 5.98. The summed E-state index contributed by atoms with van der Waals surface area (Å²) < 4.78 is 49.8. The molecule has 0 aliphatic carbocycles. The summed E-state index contributed by atoms with van der Waals surface area (Å²) in [6.45, 7) is 3.40. The van der Waals surface area contributed by atoms with Gasteiger partial charge in [0.1, 0.15) is 11.4 Å². The number of aryl methyl sites for hydroxylation is 2. The molecule has 21 heteroatoms. The molecule has 0 spiro atoms. The van der Waals surface area contributed by atoms with Gasteiger partial charge in [-0.2, -0.15) is 0 Å². The topological polar surface area (TPSA) is 267 Å². The van der Waals surface area contributed by atoms with Gasteiger partial charge >= 0.3 is 11.9 Å². The lowest BCUT2D eigenvalue weighted by molar-refractivity contribution is -0.384. The van der Waals surface area contributed by atoms with Gasteiger partial charge in [-0.05, 0) is 73.5 Å². The van der Waals surface area contributed by atoms with Gasteiger partial charge in [-0.25, -0.2) is 26.4 Å². The second-order valence-electron chi connectivity index (χ2n) is 9.50. The number of carboxylic acids is 2. The van der Waals surface area contributed by atoms with Crippen molar-refractivity contribution >= 4 is 96.3 Å². The highest BCUT2D eigenvalue weighted by Crippen LogP contribution is 2.33. The fourth-order valence-electron chi connectivity index (χ4n) is 3.52. The number of carboxylic acid groups (broad SMARTS) is 2. The number of nitrogen functional groups attached to an aromatic ring is 1. The molecule has 0 heterocycles. The van der Waals surface area contributed by atoms with Crippen molar-refractivity contribution in [3.8, 4) is 0 Å². The first-order chi connectivity index (χ1) is 22.5. The lowest BCUT2D eigenvalue weighted by Crippen LogP contribution is -2.15. The predicted octanol–water partition coefficient (Wildman–Crippen LogP) is 7.36. The molecule has 0 amide bonds. The largest absolute Gasteiger partial charge is 0.478 e. The van der Waals surface area contributed by atoms with E-state index >= 15 is 0 Å². The molecule has 0 unspecified atom stereocenters. The van der Waals surface area contributed by atoms with Crippen LogP contribution in [0.15, 0.2) is 91.5 Å². The molecule has 0 bridgehead atoms. The molecule has 0 aromatic heterocycles. The maximum atomic E-state index is 12.4. The van der Waals surface area contributed by atoms with Crippen molar-refractivity contribution in [2.75, 3.05) is 10.5 Å². The Morgan fingerprint density at radius 1 is 0.760 bits per heavy atom. The van der Waals surface area contributed by atoms with Gasteiger partial charge in [-0.15, -0.1) is 0 Å². The van der Waals surface area contributed by atoms with Crippen LogP contribution in [0, 0.1) is 34.1 Å². The van der Waals surface area contributed by atoms with Crippen molar-refractivity contribution in [2.45, 2.75) is 31.1 Å². The summed E-state index contributed by atoms with van der Waals surface area (Å²) in [6.07, 6.45) is 0. The van der Waals surface area contributed by atoms with Crippen LogP contribution in [0.4, 0.5) is 22.7 Å². The number of nitrogens with two attached hydrogens (primary N) is 1. The van der Waals surface area contributed by atoms with Crippen molar-refractivity contribution < 1.29 is 46.5 Å². The third kappa shape index (κ3) is 12.1. The SMILES string of the molecule is C.Cc1cc([N+](=O)[O-])c(N)cc1Br.Cc1cc([N+](=O)[O-])c(NS(=O)(=O)c2cccc(C(=O)O)c2)cc1Br.O=C(O)c1cccc(S(=O)(=O)Cl)c1. The van der Waals surface area contributed by atoms with Crippen molar-refractivity contribution in [3.05, 3.63) is 124 Å². The van der Waals surface area contributed by atoms with Crippen LogP contribution < -0.4 is 10.5 Å². The number of hydrogen-bond donors (Lipinski definition) is 4. The maximum Gasteiger partial charge on any atom is 0.335 e. The van der Waals surface area contributed by atoms with Crippen molar-refractivity contribution in [2.24, 2.45) is 0 Å². The van der Waals surface area contributed by atoms with Gasteiger partial charge in [-0.3, -0.25) is 25.0 Å². The molecule has 0 atom stereocenters. The zero-order valence-corrected chi connectivity index (χ0v) is 30.4. The van der Waals surface area contributed by atoms with Crippen LogP contribution in [0.5, 0.6) is 0 Å². The fourth-order valence-corrected chi connectivity index (χ4v) is 6.13. The summed E-state index contributed by atoms with van der Waals surface area (Å²) in [5.74, 6) is -2.47. The molecule has 0 fully saturated rings. The molecule has 0 radical (unpaired) electrons. The molecule has 50 heavy (non-hydrogen) atoms. The quantitative estimate of drug-likeness (QED) is 0.0584. The highest BCUT2D eigenvalue weighted by molar-refractivity contribution is 9.10. The Morgan fingerprint density at radius 2 is 1.18 bits per heavy atom. The average molecular weight is 883 g/mol. The molecule has 268 valence electrons. The van der Waals surface area contributed by atoms with E-state index in [0.717, 1.165) is 22.2 Å². The molecule has 5 N–H and O–H groups in total. The van der Waals surface area contributed by atoms with Gasteiger partial charge in [-0.1, -0.05) is 51.4 Å². The highest BCUT2D eigenvalue weighted by Gasteiger charge is 2.23. The van der Waals surface area contributed by atoms with Gasteiger partial charge in [0.25, 0.3) is 30.4 Å². The second-order valence-corrected chi connectivity index (χ2v) is 15.5. The van der Waals surface area contributed by atoms with Crippen LogP contribution in [0.1, 0.15) is 39.3 Å². The second kappa shape index (κ2) is 17.9. The Labute approximate surface area is 306 Å². The summed E-state index contributed by atoms with van der Waals surface area (Å²) in [4.78, 5) is 41.2. The third-order valence-corrected chi connectivity index (χ3v) is 10.4. The first-order valence-corrected chi connectivity index (χ1v) is 18.2. The van der Waals surface area contributed by atoms with E-state index in [2.05, 4.69) is 36.6 Å². The van der Waals surface area contributed by atoms with E-state index in [-0.39, 0.29) is 45.4 Å². The van der Waals surface area contributed by atoms with E-state index in [1.165, 1.54) is 60.7 Å². The van der Waals surface area contributed by atoms with Gasteiger partial charge in [0.15, 0.2) is 0 Å². The lowest BCUT2D eigenvalue weighted by Gasteiger charge is -2.10. The van der Waals surface area contributed by atoms with Crippen LogP contribution >= 0.6 is 42.5 Å². The van der Waals surface area contributed by atoms with E-state index < -0.39 is 46.5 Å². The summed E-state index contributed by atoms with van der Waals surface area (Å²) in [7, 11) is -3.03. The van der Waals surface area contributed by atoms with Crippen LogP contribution in [-0.4, -0.2) is 48.8 Å². The van der Waals surface area contributed by atoms with Crippen molar-refractivity contribution in [3.63, 3.8) is 0 Å². The minimum absolute atomic E-state index is 0. The van der Waals surface area contributed by atoms with Gasteiger partial charge in [0.2, 0.25) is 0 Å². The number of nitrogens with zero attached hydrogens (tertiary/aromatic N) is 2. The molecular formula is C29H27Br2ClN4O12S2. The lowest BCUT2D eigenvalue weighted by atomic mass is 10.2. The number of rotatable bonds is 8. The number of nitro benzene ring substituents is 2. The number of halogens is 3. The first-order valence-electron chi connectivity index (χ1n) is 12.8. The van der Waals surface area contributed by atoms with Gasteiger partial charge in [0.05, 0.1) is 30.8 Å². The van der Waals surface area contributed by atoms with Crippen LogP contribution in [0.25, 0.3) is 0 Å². The zero-order chi connectivity index (χ0) is 37.4. The molecule has 0 aliphatic heterocycles. The normalized spacial score (nSPS) is 10.6. The average Bonchev–Trinajstić information content (AvgIpc) is 3.00. The van der Waals surface area contributed by atoms with E-state index in [1.54, 1.807) is 13.8 Å². The minimum Gasteiger partial charge on any atom is -0.478 e. The smallest absolute Gasteiger partial charge is 0.335 e. The maximum absolute atomic E-state index is 12.4. The summed E-state index contributed by atoms with van der Waals surface area (Å²) >= 11 is 6.42. The van der Waals surface area contributed by atoms with Gasteiger partial charge < -0.3 is 15.9 Å². The highest BCUT2D eigenvalue weighted by atomic mass is 79.9. The van der Waals surface area contributed by atoms with Crippen LogP contribution in [-0.2, 0) is 19.1 Å². The van der Waals surface area contributed by atoms with Crippen molar-refractivity contribution in [1.82, 2.24) is 0 Å². The van der Waals surface area contributed by atoms with E-state index in [0.29, 0.717) is 10.0 Å². The zero-order valence-electron chi connectivity index (χ0n) is 24.8. The summed E-state index contributed by atoms with van der Waals surface area (Å²) in [5, 5.41) is 39.0. The molecule has 4 rings (SSSR count). The van der Waals surface area contributed by atoms with E-state index in [9.17, 15) is 46.7 Å². The number of hydrogen-bond acceptors (Lipinski definition) is 11. The monoisotopic (exact) mass is 880 g/mol. The number of sulfonamides is 1. The first kappa shape index (κ1) is 43.4. The predicted molar refractivity (Wildman–Crippen MR) is 193 cm³/mol. The molecular weight excluding hydrogens is 856 g/mol. The summed E-state index contributed by atoms with van der Waals surface area (Å²) in [5.41, 5.74) is 5.97. The Kier molecular flexibility index (Phi) is 15.5. The Bertz CT molecular complexity index is 2180. The Morgan fingerprint density at radius 3 is 1.62 bits per heavy atom.